The topological polar surface area (TPSA) is 35.6 Å². The standard InChI is InChI=1S/C43H30N4/c1-28(31-23-24-40-36(26-31)34-15-7-10-18-38(34)46(40)33-13-4-3-5-14-33)20-21-30-22-25-41-42(29(30)2)35-16-8-11-19-39(35)47(41)43-44-27-32-12-6-9-17-37(32)45-43/h3-27H,1H2,2H3/b21-20-. The largest absolute Gasteiger partial charge is 0.309 e. The lowest BCUT2D eigenvalue weighted by molar-refractivity contribution is 1.01. The first-order valence-electron chi connectivity index (χ1n) is 15.9. The smallest absolute Gasteiger partial charge is 0.235 e. The average Bonchev–Trinajstić information content (AvgIpc) is 3.64. The van der Waals surface area contributed by atoms with Crippen LogP contribution in [0.15, 0.2) is 152 Å². The van der Waals surface area contributed by atoms with E-state index in [0.717, 1.165) is 44.3 Å². The Morgan fingerprint density at radius 3 is 2.17 bits per heavy atom. The van der Waals surface area contributed by atoms with Gasteiger partial charge in [0.2, 0.25) is 5.95 Å². The van der Waals surface area contributed by atoms with Gasteiger partial charge in [-0.25, -0.2) is 9.97 Å². The van der Waals surface area contributed by atoms with Crippen LogP contribution in [0, 0.1) is 6.92 Å². The zero-order chi connectivity index (χ0) is 31.5. The van der Waals surface area contributed by atoms with Crippen molar-refractivity contribution >= 4 is 66.2 Å². The van der Waals surface area contributed by atoms with Gasteiger partial charge in [-0.1, -0.05) is 104 Å². The Labute approximate surface area is 272 Å². The van der Waals surface area contributed by atoms with Gasteiger partial charge in [-0.3, -0.25) is 4.57 Å². The second-order valence-corrected chi connectivity index (χ2v) is 12.0. The molecule has 0 saturated carbocycles. The number of rotatable bonds is 5. The van der Waals surface area contributed by atoms with E-state index in [0.29, 0.717) is 5.95 Å². The molecule has 222 valence electrons. The van der Waals surface area contributed by atoms with Crippen LogP contribution in [0.3, 0.4) is 0 Å². The maximum Gasteiger partial charge on any atom is 0.235 e. The third-order valence-corrected chi connectivity index (χ3v) is 9.34. The Morgan fingerprint density at radius 1 is 0.638 bits per heavy atom. The summed E-state index contributed by atoms with van der Waals surface area (Å²) in [5.41, 5.74) is 11.1. The van der Waals surface area contributed by atoms with Crippen molar-refractivity contribution in [1.29, 1.82) is 0 Å². The summed E-state index contributed by atoms with van der Waals surface area (Å²) in [6.07, 6.45) is 6.23. The highest BCUT2D eigenvalue weighted by molar-refractivity contribution is 6.12. The lowest BCUT2D eigenvalue weighted by Gasteiger charge is -2.09. The minimum Gasteiger partial charge on any atom is -0.309 e. The Morgan fingerprint density at radius 2 is 1.32 bits per heavy atom. The van der Waals surface area contributed by atoms with Gasteiger partial charge in [0.1, 0.15) is 0 Å². The molecule has 9 aromatic rings. The predicted molar refractivity (Wildman–Crippen MR) is 197 cm³/mol. The molecule has 0 bridgehead atoms. The van der Waals surface area contributed by atoms with E-state index < -0.39 is 0 Å². The van der Waals surface area contributed by atoms with Crippen molar-refractivity contribution in [2.24, 2.45) is 0 Å². The normalized spacial score (nSPS) is 11.9. The van der Waals surface area contributed by atoms with Gasteiger partial charge in [0.25, 0.3) is 0 Å². The first-order valence-corrected chi connectivity index (χ1v) is 15.9. The van der Waals surface area contributed by atoms with E-state index in [-0.39, 0.29) is 0 Å². The molecule has 0 fully saturated rings. The molecule has 4 nitrogen and oxygen atoms in total. The summed E-state index contributed by atoms with van der Waals surface area (Å²) < 4.78 is 4.52. The fourth-order valence-corrected chi connectivity index (χ4v) is 7.03. The maximum atomic E-state index is 4.95. The van der Waals surface area contributed by atoms with E-state index in [4.69, 9.17) is 9.97 Å². The van der Waals surface area contributed by atoms with E-state index in [1.807, 2.05) is 30.5 Å². The second kappa shape index (κ2) is 10.7. The van der Waals surface area contributed by atoms with Crippen LogP contribution in [0.4, 0.5) is 0 Å². The molecule has 0 radical (unpaired) electrons. The fourth-order valence-electron chi connectivity index (χ4n) is 7.03. The lowest BCUT2D eigenvalue weighted by Crippen LogP contribution is -2.01. The van der Waals surface area contributed by atoms with Crippen molar-refractivity contribution in [3.8, 4) is 11.6 Å². The van der Waals surface area contributed by atoms with Crippen molar-refractivity contribution in [3.05, 3.63) is 169 Å². The minimum absolute atomic E-state index is 0.676. The number of allylic oxidation sites excluding steroid dienone is 2. The number of aromatic nitrogens is 4. The zero-order valence-electron chi connectivity index (χ0n) is 25.9. The van der Waals surface area contributed by atoms with Gasteiger partial charge >= 0.3 is 0 Å². The van der Waals surface area contributed by atoms with Gasteiger partial charge in [0, 0.05) is 38.8 Å². The van der Waals surface area contributed by atoms with E-state index in [1.165, 1.54) is 38.1 Å². The van der Waals surface area contributed by atoms with Crippen LogP contribution < -0.4 is 0 Å². The van der Waals surface area contributed by atoms with Crippen LogP contribution in [0.1, 0.15) is 16.7 Å². The Bertz CT molecular complexity index is 2710. The van der Waals surface area contributed by atoms with Gasteiger partial charge in [-0.2, -0.15) is 0 Å². The van der Waals surface area contributed by atoms with Crippen LogP contribution in [-0.4, -0.2) is 19.1 Å². The molecule has 0 saturated heterocycles. The predicted octanol–water partition coefficient (Wildman–Crippen LogP) is 10.9. The molecule has 0 atom stereocenters. The third-order valence-electron chi connectivity index (χ3n) is 9.34. The Kier molecular flexibility index (Phi) is 6.15. The summed E-state index contributed by atoms with van der Waals surface area (Å²) >= 11 is 0. The average molecular weight is 603 g/mol. The second-order valence-electron chi connectivity index (χ2n) is 12.0. The van der Waals surface area contributed by atoms with Gasteiger partial charge in [-0.05, 0) is 77.7 Å². The number of hydrogen-bond acceptors (Lipinski definition) is 2. The monoisotopic (exact) mass is 602 g/mol. The number of fused-ring (bicyclic) bond motifs is 7. The van der Waals surface area contributed by atoms with Crippen LogP contribution in [0.25, 0.3) is 77.8 Å². The van der Waals surface area contributed by atoms with Crippen LogP contribution in [-0.2, 0) is 0 Å². The molecule has 0 spiro atoms. The molecule has 9 rings (SSSR count). The molecular weight excluding hydrogens is 573 g/mol. The van der Waals surface area contributed by atoms with Crippen LogP contribution in [0.2, 0.25) is 0 Å². The number of nitrogens with zero attached hydrogens (tertiary/aromatic N) is 4. The van der Waals surface area contributed by atoms with Crippen LogP contribution in [0.5, 0.6) is 0 Å². The van der Waals surface area contributed by atoms with Gasteiger partial charge in [0.05, 0.1) is 27.6 Å². The molecular formula is C43H30N4. The van der Waals surface area contributed by atoms with Crippen molar-refractivity contribution in [3.63, 3.8) is 0 Å². The molecule has 47 heavy (non-hydrogen) atoms. The van der Waals surface area contributed by atoms with Crippen molar-refractivity contribution in [2.75, 3.05) is 0 Å². The molecule has 0 aliphatic heterocycles. The third kappa shape index (κ3) is 4.30. The summed E-state index contributed by atoms with van der Waals surface area (Å²) in [5, 5.41) is 5.88. The molecule has 0 N–H and O–H groups in total. The summed E-state index contributed by atoms with van der Waals surface area (Å²) in [6.45, 7) is 6.69. The maximum absolute atomic E-state index is 4.95. The number of hydrogen-bond donors (Lipinski definition) is 0. The Hall–Kier alpha value is -6.26. The highest BCUT2D eigenvalue weighted by atomic mass is 15.2. The molecule has 4 heteroatoms. The highest BCUT2D eigenvalue weighted by Crippen LogP contribution is 2.36. The molecule has 6 aromatic carbocycles. The summed E-state index contributed by atoms with van der Waals surface area (Å²) in [7, 11) is 0. The lowest BCUT2D eigenvalue weighted by atomic mass is 9.99. The summed E-state index contributed by atoms with van der Waals surface area (Å²) in [4.78, 5) is 9.73. The van der Waals surface area contributed by atoms with E-state index in [9.17, 15) is 0 Å². The van der Waals surface area contributed by atoms with E-state index in [1.54, 1.807) is 0 Å². The molecule has 0 unspecified atom stereocenters. The molecule has 0 aliphatic rings. The minimum atomic E-state index is 0.676. The highest BCUT2D eigenvalue weighted by Gasteiger charge is 2.17. The first-order chi connectivity index (χ1) is 23.2. The SMILES string of the molecule is C=C(/C=C\c1ccc2c(c1C)c1ccccc1n2-c1ncc2ccccc2n1)c1ccc2c(c1)c1ccccc1n2-c1ccccc1. The summed E-state index contributed by atoms with van der Waals surface area (Å²) in [6, 6.07) is 46.9. The first kappa shape index (κ1) is 27.1. The quantitative estimate of drug-likeness (QED) is 0.184. The number of benzene rings is 6. The molecule has 3 aromatic heterocycles. The number of para-hydroxylation sites is 4. The van der Waals surface area contributed by atoms with Crippen LogP contribution >= 0.6 is 0 Å². The van der Waals surface area contributed by atoms with Crippen molar-refractivity contribution in [2.45, 2.75) is 6.92 Å². The number of aryl methyl sites for hydroxylation is 1. The molecule has 0 amide bonds. The van der Waals surface area contributed by atoms with E-state index in [2.05, 4.69) is 144 Å². The van der Waals surface area contributed by atoms with Gasteiger partial charge in [0.15, 0.2) is 0 Å². The van der Waals surface area contributed by atoms with Gasteiger partial charge < -0.3 is 4.57 Å². The Balaban J connectivity index is 1.12. The van der Waals surface area contributed by atoms with E-state index >= 15 is 0 Å². The molecule has 3 heterocycles. The fraction of sp³-hybridized carbons (Fsp3) is 0.0233. The summed E-state index contributed by atoms with van der Waals surface area (Å²) in [5.74, 6) is 0.676. The van der Waals surface area contributed by atoms with Crippen molar-refractivity contribution < 1.29 is 0 Å². The molecule has 0 aliphatic carbocycles. The van der Waals surface area contributed by atoms with Crippen molar-refractivity contribution in [1.82, 2.24) is 19.1 Å². The zero-order valence-corrected chi connectivity index (χ0v) is 25.9. The van der Waals surface area contributed by atoms with Gasteiger partial charge in [-0.15, -0.1) is 0 Å².